The van der Waals surface area contributed by atoms with Gasteiger partial charge in [-0.3, -0.25) is 4.79 Å². The molecule has 1 amide bonds. The maximum absolute atomic E-state index is 12.0. The summed E-state index contributed by atoms with van der Waals surface area (Å²) in [6.07, 6.45) is 3.16. The summed E-state index contributed by atoms with van der Waals surface area (Å²) in [5.74, 6) is 1.04. The van der Waals surface area contributed by atoms with Crippen LogP contribution in [0.25, 0.3) is 6.08 Å². The predicted octanol–water partition coefficient (Wildman–Crippen LogP) is 4.77. The number of halogens is 2. The molecule has 0 unspecified atom stereocenters. The highest BCUT2D eigenvalue weighted by Crippen LogP contribution is 2.27. The molecular weight excluding hydrogens is 382 g/mol. The van der Waals surface area contributed by atoms with Gasteiger partial charge in [-0.05, 0) is 57.9 Å². The first-order valence-corrected chi connectivity index (χ1v) is 7.86. The highest BCUT2D eigenvalue weighted by molar-refractivity contribution is 9.10. The van der Waals surface area contributed by atoms with Crippen LogP contribution < -0.4 is 14.8 Å². The van der Waals surface area contributed by atoms with E-state index >= 15 is 0 Å². The standard InChI is InChI=1S/C17H15BrClNO3/c1-22-15-6-3-11(9-13(15)18)4-8-17(21)20-12-5-7-16(23-2)14(19)10-12/h3-10H,1-2H3,(H,20,21)/b8-4+. The average molecular weight is 397 g/mol. The fraction of sp³-hybridized carbons (Fsp3) is 0.118. The minimum atomic E-state index is -0.252. The lowest BCUT2D eigenvalue weighted by molar-refractivity contribution is -0.111. The van der Waals surface area contributed by atoms with Crippen molar-refractivity contribution >= 4 is 45.2 Å². The fourth-order valence-corrected chi connectivity index (χ4v) is 2.70. The minimum Gasteiger partial charge on any atom is -0.496 e. The first-order chi connectivity index (χ1) is 11.0. The Kier molecular flexibility index (Phi) is 6.07. The molecule has 0 fully saturated rings. The van der Waals surface area contributed by atoms with Crippen molar-refractivity contribution in [3.8, 4) is 11.5 Å². The topological polar surface area (TPSA) is 47.6 Å². The van der Waals surface area contributed by atoms with E-state index in [4.69, 9.17) is 21.1 Å². The lowest BCUT2D eigenvalue weighted by Gasteiger charge is -2.06. The Labute approximate surface area is 148 Å². The van der Waals surface area contributed by atoms with Crippen molar-refractivity contribution < 1.29 is 14.3 Å². The van der Waals surface area contributed by atoms with Crippen LogP contribution in [0.3, 0.4) is 0 Å². The number of anilines is 1. The Bertz CT molecular complexity index is 747. The minimum absolute atomic E-state index is 0.252. The van der Waals surface area contributed by atoms with E-state index in [0.717, 1.165) is 15.8 Å². The fourth-order valence-electron chi connectivity index (χ4n) is 1.89. The summed E-state index contributed by atoms with van der Waals surface area (Å²) in [4.78, 5) is 12.0. The summed E-state index contributed by atoms with van der Waals surface area (Å²) in [5.41, 5.74) is 1.47. The molecule has 23 heavy (non-hydrogen) atoms. The summed E-state index contributed by atoms with van der Waals surface area (Å²) < 4.78 is 11.1. The molecule has 0 saturated heterocycles. The quantitative estimate of drug-likeness (QED) is 0.741. The lowest BCUT2D eigenvalue weighted by Crippen LogP contribution is -2.07. The Morgan fingerprint density at radius 2 is 1.83 bits per heavy atom. The van der Waals surface area contributed by atoms with Crippen LogP contribution >= 0.6 is 27.5 Å². The van der Waals surface area contributed by atoms with Crippen LogP contribution in [-0.4, -0.2) is 20.1 Å². The largest absolute Gasteiger partial charge is 0.496 e. The molecule has 2 aromatic carbocycles. The Morgan fingerprint density at radius 3 is 2.43 bits per heavy atom. The zero-order valence-corrected chi connectivity index (χ0v) is 14.9. The summed E-state index contributed by atoms with van der Waals surface area (Å²) in [6.45, 7) is 0. The van der Waals surface area contributed by atoms with E-state index in [-0.39, 0.29) is 5.91 Å². The van der Waals surface area contributed by atoms with E-state index in [0.29, 0.717) is 16.5 Å². The molecule has 0 heterocycles. The normalized spacial score (nSPS) is 10.6. The molecule has 0 bridgehead atoms. The van der Waals surface area contributed by atoms with E-state index in [9.17, 15) is 4.79 Å². The van der Waals surface area contributed by atoms with Gasteiger partial charge in [0, 0.05) is 11.8 Å². The number of nitrogens with one attached hydrogen (secondary N) is 1. The maximum Gasteiger partial charge on any atom is 0.248 e. The molecule has 0 saturated carbocycles. The second-order valence-electron chi connectivity index (χ2n) is 4.57. The molecule has 0 spiro atoms. The molecule has 6 heteroatoms. The van der Waals surface area contributed by atoms with Crippen molar-refractivity contribution in [1.82, 2.24) is 0 Å². The van der Waals surface area contributed by atoms with Gasteiger partial charge in [-0.1, -0.05) is 17.7 Å². The van der Waals surface area contributed by atoms with E-state index in [2.05, 4.69) is 21.2 Å². The molecule has 120 valence electrons. The van der Waals surface area contributed by atoms with E-state index in [1.807, 2.05) is 18.2 Å². The van der Waals surface area contributed by atoms with Gasteiger partial charge in [0.25, 0.3) is 0 Å². The van der Waals surface area contributed by atoms with E-state index < -0.39 is 0 Å². The van der Waals surface area contributed by atoms with Gasteiger partial charge in [-0.25, -0.2) is 0 Å². The van der Waals surface area contributed by atoms with Crippen molar-refractivity contribution in [2.24, 2.45) is 0 Å². The first kappa shape index (κ1) is 17.4. The number of ether oxygens (including phenoxy) is 2. The van der Waals surface area contributed by atoms with Gasteiger partial charge >= 0.3 is 0 Å². The predicted molar refractivity (Wildman–Crippen MR) is 96.4 cm³/mol. The second-order valence-corrected chi connectivity index (χ2v) is 5.83. The van der Waals surface area contributed by atoms with E-state index in [1.54, 1.807) is 31.4 Å². The monoisotopic (exact) mass is 395 g/mol. The van der Waals surface area contributed by atoms with Gasteiger partial charge in [-0.2, -0.15) is 0 Å². The molecule has 2 rings (SSSR count). The van der Waals surface area contributed by atoms with Crippen molar-refractivity contribution in [2.75, 3.05) is 19.5 Å². The van der Waals surface area contributed by atoms with Crippen molar-refractivity contribution in [1.29, 1.82) is 0 Å². The number of rotatable bonds is 5. The number of methoxy groups -OCH3 is 2. The molecule has 2 aromatic rings. The molecule has 0 aliphatic carbocycles. The third-order valence-corrected chi connectivity index (χ3v) is 3.94. The van der Waals surface area contributed by atoms with Gasteiger partial charge in [0.2, 0.25) is 5.91 Å². The number of hydrogen-bond acceptors (Lipinski definition) is 3. The van der Waals surface area contributed by atoms with Gasteiger partial charge < -0.3 is 14.8 Å². The highest BCUT2D eigenvalue weighted by atomic mass is 79.9. The Hall–Kier alpha value is -1.98. The maximum atomic E-state index is 12.0. The Balaban J connectivity index is 2.04. The number of hydrogen-bond donors (Lipinski definition) is 1. The number of carbonyl (C=O) groups is 1. The molecule has 0 aliphatic rings. The van der Waals surface area contributed by atoms with Crippen LogP contribution in [0.2, 0.25) is 5.02 Å². The third kappa shape index (κ3) is 4.74. The Morgan fingerprint density at radius 1 is 1.13 bits per heavy atom. The first-order valence-electron chi connectivity index (χ1n) is 6.69. The van der Waals surface area contributed by atoms with Crippen LogP contribution in [0.4, 0.5) is 5.69 Å². The van der Waals surface area contributed by atoms with Gasteiger partial charge in [0.05, 0.1) is 23.7 Å². The molecular formula is C17H15BrClNO3. The van der Waals surface area contributed by atoms with Crippen molar-refractivity contribution in [3.63, 3.8) is 0 Å². The van der Waals surface area contributed by atoms with Gasteiger partial charge in [-0.15, -0.1) is 0 Å². The number of amides is 1. The SMILES string of the molecule is COc1ccc(NC(=O)/C=C/c2ccc(OC)c(Br)c2)cc1Cl. The summed E-state index contributed by atoms with van der Waals surface area (Å²) in [6, 6.07) is 10.6. The third-order valence-electron chi connectivity index (χ3n) is 3.02. The highest BCUT2D eigenvalue weighted by Gasteiger charge is 2.04. The van der Waals surface area contributed by atoms with Crippen LogP contribution in [0.15, 0.2) is 46.9 Å². The summed E-state index contributed by atoms with van der Waals surface area (Å²) in [5, 5.41) is 3.18. The molecule has 4 nitrogen and oxygen atoms in total. The second kappa shape index (κ2) is 8.04. The van der Waals surface area contributed by atoms with Crippen molar-refractivity contribution in [2.45, 2.75) is 0 Å². The zero-order valence-electron chi connectivity index (χ0n) is 12.6. The summed E-state index contributed by atoms with van der Waals surface area (Å²) in [7, 11) is 3.14. The number of benzene rings is 2. The summed E-state index contributed by atoms with van der Waals surface area (Å²) >= 11 is 9.42. The van der Waals surface area contributed by atoms with Gasteiger partial charge in [0.15, 0.2) is 0 Å². The lowest BCUT2D eigenvalue weighted by atomic mass is 10.2. The molecule has 0 radical (unpaired) electrons. The van der Waals surface area contributed by atoms with Crippen molar-refractivity contribution in [3.05, 3.63) is 57.5 Å². The molecule has 0 aromatic heterocycles. The van der Waals surface area contributed by atoms with Crippen LogP contribution in [0.1, 0.15) is 5.56 Å². The average Bonchev–Trinajstić information content (AvgIpc) is 2.53. The van der Waals surface area contributed by atoms with Crippen LogP contribution in [0.5, 0.6) is 11.5 Å². The number of carbonyl (C=O) groups excluding carboxylic acids is 1. The zero-order chi connectivity index (χ0) is 16.8. The molecule has 1 N–H and O–H groups in total. The van der Waals surface area contributed by atoms with Gasteiger partial charge in [0.1, 0.15) is 11.5 Å². The molecule has 0 atom stereocenters. The van der Waals surface area contributed by atoms with Crippen LogP contribution in [0, 0.1) is 0 Å². The molecule has 0 aliphatic heterocycles. The van der Waals surface area contributed by atoms with Crippen LogP contribution in [-0.2, 0) is 4.79 Å². The smallest absolute Gasteiger partial charge is 0.248 e. The van der Waals surface area contributed by atoms with E-state index in [1.165, 1.54) is 13.2 Å².